The van der Waals surface area contributed by atoms with Gasteiger partial charge in [-0.2, -0.15) is 0 Å². The standard InChI is InChI=1S/C21H24FN3O/c22-17-6-4-15(5-7-17)14-25-19-2-1-3-20(25)13-18(12-19)24-21(26)16-8-10-23-11-9-16/h4-11,18-20H,1-3,12-14H2,(H,24,26)/t19-,20-/m0/s1. The molecule has 0 radical (unpaired) electrons. The van der Waals surface area contributed by atoms with Gasteiger partial charge < -0.3 is 5.32 Å². The van der Waals surface area contributed by atoms with Crippen molar-refractivity contribution in [3.05, 3.63) is 65.7 Å². The van der Waals surface area contributed by atoms with Gasteiger partial charge in [0.25, 0.3) is 5.91 Å². The molecule has 2 bridgehead atoms. The fourth-order valence-corrected chi connectivity index (χ4v) is 4.43. The molecule has 1 aromatic heterocycles. The first-order valence-corrected chi connectivity index (χ1v) is 9.40. The second-order valence-corrected chi connectivity index (χ2v) is 7.42. The highest BCUT2D eigenvalue weighted by Crippen LogP contribution is 2.35. The first-order valence-electron chi connectivity index (χ1n) is 9.40. The summed E-state index contributed by atoms with van der Waals surface area (Å²) in [6.45, 7) is 0.862. The number of carbonyl (C=O) groups excluding carboxylic acids is 1. The minimum absolute atomic E-state index is 0.0116. The van der Waals surface area contributed by atoms with Gasteiger partial charge in [-0.25, -0.2) is 4.39 Å². The molecule has 4 rings (SSSR count). The summed E-state index contributed by atoms with van der Waals surface area (Å²) < 4.78 is 13.2. The van der Waals surface area contributed by atoms with Crippen LogP contribution in [0, 0.1) is 5.82 Å². The van der Waals surface area contributed by atoms with Crippen LogP contribution >= 0.6 is 0 Å². The minimum atomic E-state index is -0.188. The van der Waals surface area contributed by atoms with E-state index in [1.165, 1.54) is 31.4 Å². The third-order valence-electron chi connectivity index (χ3n) is 5.68. The summed E-state index contributed by atoms with van der Waals surface area (Å²) in [7, 11) is 0. The molecule has 3 heterocycles. The van der Waals surface area contributed by atoms with Crippen LogP contribution in [0.1, 0.15) is 48.0 Å². The number of pyridine rings is 1. The number of rotatable bonds is 4. The molecule has 0 aliphatic carbocycles. The maximum atomic E-state index is 13.2. The average Bonchev–Trinajstić information content (AvgIpc) is 2.65. The van der Waals surface area contributed by atoms with Crippen molar-refractivity contribution in [2.75, 3.05) is 0 Å². The Hall–Kier alpha value is -2.27. The molecule has 2 atom stereocenters. The molecule has 4 nitrogen and oxygen atoms in total. The smallest absolute Gasteiger partial charge is 0.251 e. The van der Waals surface area contributed by atoms with Gasteiger partial charge in [-0.05, 0) is 55.5 Å². The third kappa shape index (κ3) is 3.78. The first-order chi connectivity index (χ1) is 12.7. The number of amides is 1. The van der Waals surface area contributed by atoms with Crippen LogP contribution in [0.5, 0.6) is 0 Å². The Labute approximate surface area is 153 Å². The van der Waals surface area contributed by atoms with E-state index in [1.54, 1.807) is 24.5 Å². The predicted octanol–water partition coefficient (Wildman–Crippen LogP) is 3.54. The number of fused-ring (bicyclic) bond motifs is 2. The van der Waals surface area contributed by atoms with Crippen molar-refractivity contribution in [2.45, 2.75) is 56.8 Å². The van der Waals surface area contributed by atoms with E-state index in [2.05, 4.69) is 15.2 Å². The van der Waals surface area contributed by atoms with Gasteiger partial charge in [0.2, 0.25) is 0 Å². The fourth-order valence-electron chi connectivity index (χ4n) is 4.43. The summed E-state index contributed by atoms with van der Waals surface area (Å²) >= 11 is 0. The van der Waals surface area contributed by atoms with Crippen molar-refractivity contribution in [3.63, 3.8) is 0 Å². The van der Waals surface area contributed by atoms with E-state index >= 15 is 0 Å². The number of hydrogen-bond donors (Lipinski definition) is 1. The molecule has 0 saturated carbocycles. The van der Waals surface area contributed by atoms with Crippen LogP contribution in [0.25, 0.3) is 0 Å². The van der Waals surface area contributed by atoms with Crippen molar-refractivity contribution in [3.8, 4) is 0 Å². The van der Waals surface area contributed by atoms with Gasteiger partial charge >= 0.3 is 0 Å². The third-order valence-corrected chi connectivity index (χ3v) is 5.68. The van der Waals surface area contributed by atoms with Gasteiger partial charge in [0.1, 0.15) is 5.82 Å². The number of nitrogens with zero attached hydrogens (tertiary/aromatic N) is 2. The molecule has 2 saturated heterocycles. The Bertz CT molecular complexity index is 736. The number of benzene rings is 1. The first kappa shape index (κ1) is 17.2. The summed E-state index contributed by atoms with van der Waals surface area (Å²) in [5.41, 5.74) is 1.82. The van der Waals surface area contributed by atoms with Gasteiger partial charge in [-0.3, -0.25) is 14.7 Å². The normalized spacial score (nSPS) is 25.7. The molecule has 2 aliphatic heterocycles. The predicted molar refractivity (Wildman–Crippen MR) is 98.1 cm³/mol. The molecular weight excluding hydrogens is 329 g/mol. The maximum absolute atomic E-state index is 13.2. The van der Waals surface area contributed by atoms with Crippen molar-refractivity contribution < 1.29 is 9.18 Å². The molecule has 1 N–H and O–H groups in total. The quantitative estimate of drug-likeness (QED) is 0.914. The highest BCUT2D eigenvalue weighted by Gasteiger charge is 2.38. The largest absolute Gasteiger partial charge is 0.349 e. The Kier molecular flexibility index (Phi) is 4.98. The zero-order chi connectivity index (χ0) is 17.9. The van der Waals surface area contributed by atoms with Crippen molar-refractivity contribution >= 4 is 5.91 Å². The molecule has 136 valence electrons. The van der Waals surface area contributed by atoms with Crippen molar-refractivity contribution in [1.82, 2.24) is 15.2 Å². The Morgan fingerprint density at radius 3 is 2.38 bits per heavy atom. The van der Waals surface area contributed by atoms with Crippen LogP contribution in [0.15, 0.2) is 48.8 Å². The van der Waals surface area contributed by atoms with E-state index in [4.69, 9.17) is 0 Å². The van der Waals surface area contributed by atoms with Gasteiger partial charge in [0.05, 0.1) is 0 Å². The lowest BCUT2D eigenvalue weighted by Gasteiger charge is -2.49. The SMILES string of the molecule is O=C(NC1C[C@@H]2CCC[C@@H](C1)N2Cc1ccc(F)cc1)c1ccncc1. The van der Waals surface area contributed by atoms with Crippen molar-refractivity contribution in [1.29, 1.82) is 0 Å². The molecule has 2 fully saturated rings. The van der Waals surface area contributed by atoms with Gasteiger partial charge in [-0.1, -0.05) is 18.6 Å². The molecule has 0 spiro atoms. The molecular formula is C21H24FN3O. The molecule has 2 aliphatic rings. The summed E-state index contributed by atoms with van der Waals surface area (Å²) in [6, 6.07) is 11.5. The van der Waals surface area contributed by atoms with Crippen LogP contribution in [0.2, 0.25) is 0 Å². The topological polar surface area (TPSA) is 45.2 Å². The summed E-state index contributed by atoms with van der Waals surface area (Å²) in [4.78, 5) is 19.0. The average molecular weight is 353 g/mol. The summed E-state index contributed by atoms with van der Waals surface area (Å²) in [5.74, 6) is -0.200. The second-order valence-electron chi connectivity index (χ2n) is 7.42. The molecule has 0 unspecified atom stereocenters. The van der Waals surface area contributed by atoms with Crippen LogP contribution in [-0.4, -0.2) is 33.9 Å². The van der Waals surface area contributed by atoms with Gasteiger partial charge in [0.15, 0.2) is 0 Å². The maximum Gasteiger partial charge on any atom is 0.251 e. The molecule has 1 amide bonds. The van der Waals surface area contributed by atoms with E-state index in [-0.39, 0.29) is 17.8 Å². The van der Waals surface area contributed by atoms with Crippen LogP contribution in [-0.2, 0) is 6.54 Å². The molecule has 1 aromatic carbocycles. The highest BCUT2D eigenvalue weighted by atomic mass is 19.1. The number of hydrogen-bond acceptors (Lipinski definition) is 3. The second kappa shape index (κ2) is 7.54. The van der Waals surface area contributed by atoms with E-state index in [0.717, 1.165) is 24.9 Å². The number of nitrogens with one attached hydrogen (secondary N) is 1. The lowest BCUT2D eigenvalue weighted by molar-refractivity contribution is 0.0177. The van der Waals surface area contributed by atoms with Crippen LogP contribution in [0.4, 0.5) is 4.39 Å². The summed E-state index contributed by atoms with van der Waals surface area (Å²) in [5, 5.41) is 3.21. The highest BCUT2D eigenvalue weighted by molar-refractivity contribution is 5.94. The monoisotopic (exact) mass is 353 g/mol. The van der Waals surface area contributed by atoms with E-state index in [1.807, 2.05) is 12.1 Å². The lowest BCUT2D eigenvalue weighted by Crippen LogP contribution is -2.56. The molecule has 2 aromatic rings. The Morgan fingerprint density at radius 1 is 1.08 bits per heavy atom. The number of halogens is 1. The minimum Gasteiger partial charge on any atom is -0.349 e. The Balaban J connectivity index is 1.41. The fraction of sp³-hybridized carbons (Fsp3) is 0.429. The molecule has 26 heavy (non-hydrogen) atoms. The van der Waals surface area contributed by atoms with Crippen LogP contribution < -0.4 is 5.32 Å². The van der Waals surface area contributed by atoms with E-state index < -0.39 is 0 Å². The number of piperidine rings is 2. The number of carbonyl (C=O) groups is 1. The van der Waals surface area contributed by atoms with E-state index in [0.29, 0.717) is 17.6 Å². The van der Waals surface area contributed by atoms with Crippen LogP contribution in [0.3, 0.4) is 0 Å². The zero-order valence-electron chi connectivity index (χ0n) is 14.8. The van der Waals surface area contributed by atoms with Gasteiger partial charge in [-0.15, -0.1) is 0 Å². The van der Waals surface area contributed by atoms with E-state index in [9.17, 15) is 9.18 Å². The molecule has 5 heteroatoms. The van der Waals surface area contributed by atoms with Crippen molar-refractivity contribution in [2.24, 2.45) is 0 Å². The summed E-state index contributed by atoms with van der Waals surface area (Å²) in [6.07, 6.45) is 8.84. The number of aromatic nitrogens is 1. The Morgan fingerprint density at radius 2 is 1.73 bits per heavy atom. The lowest BCUT2D eigenvalue weighted by atomic mass is 9.81. The zero-order valence-corrected chi connectivity index (χ0v) is 14.8. The van der Waals surface area contributed by atoms with Gasteiger partial charge in [0, 0.05) is 42.6 Å².